The first kappa shape index (κ1) is 17.9. The molecule has 1 aromatic heterocycles. The van der Waals surface area contributed by atoms with Crippen LogP contribution in [0.15, 0.2) is 36.7 Å². The Morgan fingerprint density at radius 1 is 1.44 bits per heavy atom. The number of amides is 1. The summed E-state index contributed by atoms with van der Waals surface area (Å²) < 4.78 is 6.25. The van der Waals surface area contributed by atoms with Gasteiger partial charge in [-0.15, -0.1) is 0 Å². The van der Waals surface area contributed by atoms with E-state index in [9.17, 15) is 19.7 Å². The molecular formula is C15H16N4O6. The molecule has 0 bridgehead atoms. The van der Waals surface area contributed by atoms with E-state index in [2.05, 4.69) is 10.4 Å². The first-order valence-electron chi connectivity index (χ1n) is 7.16. The summed E-state index contributed by atoms with van der Waals surface area (Å²) in [6.07, 6.45) is 2.24. The number of hydrogen-bond donors (Lipinski definition) is 2. The predicted molar refractivity (Wildman–Crippen MR) is 86.4 cm³/mol. The molecule has 0 aliphatic carbocycles. The Labute approximate surface area is 142 Å². The molecule has 1 heterocycles. The molecule has 132 valence electrons. The van der Waals surface area contributed by atoms with Gasteiger partial charge in [0.1, 0.15) is 23.7 Å². The number of carbonyl (C=O) groups is 2. The van der Waals surface area contributed by atoms with E-state index < -0.39 is 28.9 Å². The molecule has 1 amide bonds. The summed E-state index contributed by atoms with van der Waals surface area (Å²) >= 11 is 0. The zero-order valence-corrected chi connectivity index (χ0v) is 13.5. The normalized spacial score (nSPS) is 11.0. The number of rotatable bonds is 7. The molecule has 1 aromatic carbocycles. The molecule has 0 saturated heterocycles. The first-order valence-corrected chi connectivity index (χ1v) is 7.16. The van der Waals surface area contributed by atoms with Crippen LogP contribution in [0.3, 0.4) is 0 Å². The van der Waals surface area contributed by atoms with E-state index in [1.807, 2.05) is 0 Å². The van der Waals surface area contributed by atoms with Crippen molar-refractivity contribution >= 4 is 23.3 Å². The number of aliphatic carboxylic acids is 1. The minimum atomic E-state index is -1.19. The van der Waals surface area contributed by atoms with Crippen molar-refractivity contribution in [3.63, 3.8) is 0 Å². The van der Waals surface area contributed by atoms with Gasteiger partial charge in [-0.25, -0.2) is 4.79 Å². The lowest BCUT2D eigenvalue weighted by Gasteiger charge is -2.24. The minimum Gasteiger partial charge on any atom is -0.482 e. The third kappa shape index (κ3) is 4.31. The topological polar surface area (TPSA) is 137 Å². The number of anilines is 1. The summed E-state index contributed by atoms with van der Waals surface area (Å²) in [6.45, 7) is 2.62. The van der Waals surface area contributed by atoms with Gasteiger partial charge in [-0.1, -0.05) is 6.07 Å². The number of carboxylic acid groups (broad SMARTS) is 1. The van der Waals surface area contributed by atoms with Crippen LogP contribution in [0.4, 0.5) is 11.4 Å². The average molecular weight is 348 g/mol. The number of benzene rings is 1. The molecule has 25 heavy (non-hydrogen) atoms. The third-order valence-corrected chi connectivity index (χ3v) is 3.36. The minimum absolute atomic E-state index is 0.218. The van der Waals surface area contributed by atoms with Gasteiger partial charge in [-0.2, -0.15) is 5.10 Å². The van der Waals surface area contributed by atoms with Gasteiger partial charge in [0, 0.05) is 11.8 Å². The number of ether oxygens (including phenoxy) is 1. The average Bonchev–Trinajstić information content (AvgIpc) is 3.04. The van der Waals surface area contributed by atoms with Crippen molar-refractivity contribution in [3.8, 4) is 5.75 Å². The highest BCUT2D eigenvalue weighted by Gasteiger charge is 2.32. The summed E-state index contributed by atoms with van der Waals surface area (Å²) in [5.74, 6) is -1.29. The van der Waals surface area contributed by atoms with Gasteiger partial charge in [-0.05, 0) is 26.0 Å². The molecular weight excluding hydrogens is 332 g/mol. The van der Waals surface area contributed by atoms with E-state index >= 15 is 0 Å². The Hall–Kier alpha value is -3.43. The maximum atomic E-state index is 12.5. The Kier molecular flexibility index (Phi) is 5.01. The van der Waals surface area contributed by atoms with Gasteiger partial charge in [0.25, 0.3) is 5.91 Å². The molecule has 0 atom stereocenters. The lowest BCUT2D eigenvalue weighted by atomic mass is 10.0. The van der Waals surface area contributed by atoms with Crippen LogP contribution in [0.1, 0.15) is 13.8 Å². The fraction of sp³-hybridized carbons (Fsp3) is 0.267. The zero-order chi connectivity index (χ0) is 18.6. The molecule has 0 radical (unpaired) electrons. The van der Waals surface area contributed by atoms with Gasteiger partial charge >= 0.3 is 11.7 Å². The van der Waals surface area contributed by atoms with Gasteiger partial charge < -0.3 is 15.2 Å². The van der Waals surface area contributed by atoms with E-state index in [1.54, 1.807) is 32.0 Å². The highest BCUT2D eigenvalue weighted by molar-refractivity contribution is 5.96. The van der Waals surface area contributed by atoms with Crippen molar-refractivity contribution in [3.05, 3.63) is 46.8 Å². The molecule has 2 aromatic rings. The second-order valence-electron chi connectivity index (χ2n) is 5.62. The Morgan fingerprint density at radius 2 is 2.16 bits per heavy atom. The molecule has 0 fully saturated rings. The summed E-state index contributed by atoms with van der Waals surface area (Å²) in [5.41, 5.74) is -1.01. The number of aromatic nitrogens is 2. The van der Waals surface area contributed by atoms with E-state index in [-0.39, 0.29) is 11.4 Å². The number of nitrogens with one attached hydrogen (secondary N) is 1. The molecule has 10 nitrogen and oxygen atoms in total. The van der Waals surface area contributed by atoms with Crippen molar-refractivity contribution in [2.24, 2.45) is 0 Å². The molecule has 10 heteroatoms. The van der Waals surface area contributed by atoms with Gasteiger partial charge in [0.2, 0.25) is 0 Å². The maximum absolute atomic E-state index is 12.5. The molecule has 0 spiro atoms. The van der Waals surface area contributed by atoms with Crippen molar-refractivity contribution in [2.45, 2.75) is 19.4 Å². The molecule has 0 aliphatic heterocycles. The van der Waals surface area contributed by atoms with E-state index in [4.69, 9.17) is 9.84 Å². The monoisotopic (exact) mass is 348 g/mol. The number of nitrogens with zero attached hydrogens (tertiary/aromatic N) is 3. The van der Waals surface area contributed by atoms with Gasteiger partial charge in [-0.3, -0.25) is 19.6 Å². The van der Waals surface area contributed by atoms with Crippen LogP contribution in [0.25, 0.3) is 0 Å². The maximum Gasteiger partial charge on any atom is 0.341 e. The molecule has 2 rings (SSSR count). The summed E-state index contributed by atoms with van der Waals surface area (Å²) in [5, 5.41) is 25.9. The van der Waals surface area contributed by atoms with Crippen LogP contribution in [-0.2, 0) is 15.1 Å². The Bertz CT molecular complexity index is 814. The van der Waals surface area contributed by atoms with Crippen LogP contribution in [0, 0.1) is 10.1 Å². The van der Waals surface area contributed by atoms with Crippen molar-refractivity contribution in [2.75, 3.05) is 11.9 Å². The van der Waals surface area contributed by atoms with E-state index in [0.717, 1.165) is 6.20 Å². The Morgan fingerprint density at radius 3 is 2.76 bits per heavy atom. The number of carboxylic acids is 1. The van der Waals surface area contributed by atoms with Crippen molar-refractivity contribution < 1.29 is 24.4 Å². The van der Waals surface area contributed by atoms with Crippen LogP contribution >= 0.6 is 0 Å². The molecule has 0 saturated carbocycles. The van der Waals surface area contributed by atoms with Crippen LogP contribution in [-0.4, -0.2) is 38.3 Å². The molecule has 2 N–H and O–H groups in total. The van der Waals surface area contributed by atoms with Crippen LogP contribution < -0.4 is 10.1 Å². The van der Waals surface area contributed by atoms with Crippen LogP contribution in [0.2, 0.25) is 0 Å². The van der Waals surface area contributed by atoms with Crippen LogP contribution in [0.5, 0.6) is 5.75 Å². The number of hydrogen-bond acceptors (Lipinski definition) is 6. The van der Waals surface area contributed by atoms with Gasteiger partial charge in [0.15, 0.2) is 6.61 Å². The summed E-state index contributed by atoms with van der Waals surface area (Å²) in [4.78, 5) is 33.2. The summed E-state index contributed by atoms with van der Waals surface area (Å²) in [7, 11) is 0. The summed E-state index contributed by atoms with van der Waals surface area (Å²) in [6, 6.07) is 6.23. The second kappa shape index (κ2) is 6.99. The predicted octanol–water partition coefficient (Wildman–Crippen LogP) is 1.63. The standard InChI is InChI=1S/C15H16N4O6/c1-15(2,18-8-11(7-16-18)19(23)24)14(22)17-10-4-3-5-12(6-10)25-9-13(20)21/h3-8H,9H2,1-2H3,(H,17,22)(H,20,21). The molecule has 0 unspecified atom stereocenters. The van der Waals surface area contributed by atoms with Crippen molar-refractivity contribution in [1.29, 1.82) is 0 Å². The fourth-order valence-electron chi connectivity index (χ4n) is 1.91. The quantitative estimate of drug-likeness (QED) is 0.573. The highest BCUT2D eigenvalue weighted by atomic mass is 16.6. The second-order valence-corrected chi connectivity index (χ2v) is 5.62. The number of carbonyl (C=O) groups excluding carboxylic acids is 1. The van der Waals surface area contributed by atoms with E-state index in [1.165, 1.54) is 16.9 Å². The third-order valence-electron chi connectivity index (χ3n) is 3.36. The SMILES string of the molecule is CC(C)(C(=O)Nc1cccc(OCC(=O)O)c1)n1cc([N+](=O)[O-])cn1. The lowest BCUT2D eigenvalue weighted by molar-refractivity contribution is -0.385. The molecule has 0 aliphatic rings. The lowest BCUT2D eigenvalue weighted by Crippen LogP contribution is -2.40. The zero-order valence-electron chi connectivity index (χ0n) is 13.5. The van der Waals surface area contributed by atoms with E-state index in [0.29, 0.717) is 5.69 Å². The largest absolute Gasteiger partial charge is 0.482 e. The number of nitro groups is 1. The highest BCUT2D eigenvalue weighted by Crippen LogP contribution is 2.22. The van der Waals surface area contributed by atoms with Crippen molar-refractivity contribution in [1.82, 2.24) is 9.78 Å². The van der Waals surface area contributed by atoms with Gasteiger partial charge in [0.05, 0.1) is 4.92 Å². The first-order chi connectivity index (χ1) is 11.7. The smallest absolute Gasteiger partial charge is 0.341 e. The fourth-order valence-corrected chi connectivity index (χ4v) is 1.91. The Balaban J connectivity index is 2.13.